The molecule has 0 aromatic carbocycles. The summed E-state index contributed by atoms with van der Waals surface area (Å²) in [6, 6.07) is 0. The number of aromatic nitrogens is 1. The van der Waals surface area contributed by atoms with E-state index in [0.717, 1.165) is 10.7 Å². The minimum atomic E-state index is -3.06. The molecule has 1 atom stereocenters. The maximum absolute atomic E-state index is 12.6. The van der Waals surface area contributed by atoms with Crippen LogP contribution in [0.2, 0.25) is 0 Å². The number of carbonyl (C=O) groups excluding carboxylic acids is 1. The van der Waals surface area contributed by atoms with Gasteiger partial charge in [0.15, 0.2) is 9.84 Å². The van der Waals surface area contributed by atoms with Crippen LogP contribution in [0, 0.1) is 6.92 Å². The van der Waals surface area contributed by atoms with Crippen molar-refractivity contribution in [2.75, 3.05) is 18.1 Å². The minimum absolute atomic E-state index is 0.0235. The Kier molecular flexibility index (Phi) is 4.53. The van der Waals surface area contributed by atoms with Crippen LogP contribution in [0.1, 0.15) is 24.0 Å². The van der Waals surface area contributed by atoms with E-state index in [-0.39, 0.29) is 23.8 Å². The molecule has 0 saturated carbocycles. The van der Waals surface area contributed by atoms with Crippen LogP contribution in [0.25, 0.3) is 0 Å². The summed E-state index contributed by atoms with van der Waals surface area (Å²) in [5.41, 5.74) is 0.0934. The van der Waals surface area contributed by atoms with Crippen molar-refractivity contribution in [3.8, 4) is 0 Å². The average Bonchev–Trinajstić information content (AvgIpc) is 2.90. The van der Waals surface area contributed by atoms with Crippen LogP contribution in [0.4, 0.5) is 0 Å². The summed E-state index contributed by atoms with van der Waals surface area (Å²) < 4.78 is 23.5. The third-order valence-electron chi connectivity index (χ3n) is 3.75. The second-order valence-electron chi connectivity index (χ2n) is 5.67. The van der Waals surface area contributed by atoms with Crippen LogP contribution >= 0.6 is 11.3 Å². The van der Waals surface area contributed by atoms with Crippen molar-refractivity contribution >= 4 is 27.1 Å². The van der Waals surface area contributed by atoms with Gasteiger partial charge in [-0.15, -0.1) is 17.9 Å². The van der Waals surface area contributed by atoms with Crippen molar-refractivity contribution in [1.29, 1.82) is 0 Å². The van der Waals surface area contributed by atoms with Gasteiger partial charge in [0, 0.05) is 11.9 Å². The molecule has 2 rings (SSSR count). The predicted octanol–water partition coefficient (Wildman–Crippen LogP) is 1.59. The van der Waals surface area contributed by atoms with E-state index in [9.17, 15) is 13.2 Å². The molecule has 1 saturated heterocycles. The van der Waals surface area contributed by atoms with Gasteiger partial charge in [-0.3, -0.25) is 4.79 Å². The van der Waals surface area contributed by atoms with Crippen molar-refractivity contribution in [2.24, 2.45) is 0 Å². The maximum Gasteiger partial charge on any atom is 0.229 e. The number of nitrogens with zero attached hydrogens (tertiary/aromatic N) is 2. The Bertz CT molecular complexity index is 651. The van der Waals surface area contributed by atoms with E-state index in [0.29, 0.717) is 13.0 Å². The molecule has 5 nitrogen and oxygen atoms in total. The smallest absolute Gasteiger partial charge is 0.229 e. The van der Waals surface area contributed by atoms with Gasteiger partial charge in [-0.2, -0.15) is 0 Å². The summed E-state index contributed by atoms with van der Waals surface area (Å²) in [7, 11) is -3.06. The van der Waals surface area contributed by atoms with E-state index in [1.165, 1.54) is 11.3 Å². The molecule has 1 amide bonds. The molecule has 21 heavy (non-hydrogen) atoms. The molecule has 1 aliphatic rings. The molecule has 0 unspecified atom stereocenters. The Labute approximate surface area is 129 Å². The summed E-state index contributed by atoms with van der Waals surface area (Å²) in [6.45, 7) is 7.76. The summed E-state index contributed by atoms with van der Waals surface area (Å²) >= 11 is 1.50. The first kappa shape index (κ1) is 16.2. The number of sulfone groups is 1. The zero-order valence-corrected chi connectivity index (χ0v) is 14.0. The van der Waals surface area contributed by atoms with Gasteiger partial charge in [0.25, 0.3) is 0 Å². The fourth-order valence-corrected chi connectivity index (χ4v) is 5.45. The molecule has 0 radical (unpaired) electrons. The van der Waals surface area contributed by atoms with Crippen LogP contribution < -0.4 is 0 Å². The number of thiazole rings is 1. The zero-order chi connectivity index (χ0) is 15.7. The molecular formula is C14H20N2O3S2. The molecule has 2 heterocycles. The summed E-state index contributed by atoms with van der Waals surface area (Å²) in [5.74, 6) is 0.0652. The molecule has 7 heteroatoms. The normalized spacial score (nSPS) is 23.9. The molecule has 0 aliphatic carbocycles. The SMILES string of the molecule is C=CCN(C(=O)Cc1csc(C)n1)[C@]1(C)CCS(=O)(=O)C1. The number of hydrogen-bond acceptors (Lipinski definition) is 5. The van der Waals surface area contributed by atoms with E-state index < -0.39 is 15.4 Å². The highest BCUT2D eigenvalue weighted by molar-refractivity contribution is 7.91. The highest BCUT2D eigenvalue weighted by atomic mass is 32.2. The monoisotopic (exact) mass is 328 g/mol. The lowest BCUT2D eigenvalue weighted by molar-refractivity contribution is -0.134. The quantitative estimate of drug-likeness (QED) is 0.770. The molecular weight excluding hydrogens is 308 g/mol. The molecule has 116 valence electrons. The van der Waals surface area contributed by atoms with Gasteiger partial charge in [-0.25, -0.2) is 13.4 Å². The summed E-state index contributed by atoms with van der Waals surface area (Å²) in [4.78, 5) is 18.5. The lowest BCUT2D eigenvalue weighted by atomic mass is 9.98. The second kappa shape index (κ2) is 5.88. The van der Waals surface area contributed by atoms with E-state index >= 15 is 0 Å². The van der Waals surface area contributed by atoms with Gasteiger partial charge in [0.2, 0.25) is 5.91 Å². The molecule has 1 aliphatic heterocycles. The van der Waals surface area contributed by atoms with Gasteiger partial charge in [0.1, 0.15) is 0 Å². The maximum atomic E-state index is 12.6. The van der Waals surface area contributed by atoms with Gasteiger partial charge >= 0.3 is 0 Å². The fourth-order valence-electron chi connectivity index (χ4n) is 2.70. The van der Waals surface area contributed by atoms with Crippen molar-refractivity contribution in [2.45, 2.75) is 32.2 Å². The highest BCUT2D eigenvalue weighted by Gasteiger charge is 2.44. The molecule has 1 aromatic rings. The third-order valence-corrected chi connectivity index (χ3v) is 6.46. The van der Waals surface area contributed by atoms with Crippen molar-refractivity contribution in [3.05, 3.63) is 28.7 Å². The summed E-state index contributed by atoms with van der Waals surface area (Å²) in [6.07, 6.45) is 2.32. The average molecular weight is 328 g/mol. The first-order valence-corrected chi connectivity index (χ1v) is 9.49. The standard InChI is InChI=1S/C14H20N2O3S2/c1-4-6-16(14(3)5-7-21(18,19)10-14)13(17)8-12-9-20-11(2)15-12/h4,9H,1,5-8,10H2,2-3H3/t14-/m1/s1. The number of aryl methyl sites for hydroxylation is 1. The fraction of sp³-hybridized carbons (Fsp3) is 0.571. The van der Waals surface area contributed by atoms with Crippen LogP contribution in [-0.2, 0) is 21.1 Å². The van der Waals surface area contributed by atoms with Gasteiger partial charge in [0.05, 0.1) is 34.2 Å². The van der Waals surface area contributed by atoms with E-state index in [1.807, 2.05) is 19.2 Å². The Morgan fingerprint density at radius 3 is 2.81 bits per heavy atom. The largest absolute Gasteiger partial charge is 0.332 e. The highest BCUT2D eigenvalue weighted by Crippen LogP contribution is 2.30. The number of hydrogen-bond donors (Lipinski definition) is 0. The predicted molar refractivity (Wildman–Crippen MR) is 84.1 cm³/mol. The van der Waals surface area contributed by atoms with Crippen LogP contribution in [0.5, 0.6) is 0 Å². The molecule has 0 spiro atoms. The third kappa shape index (κ3) is 3.71. The molecule has 1 fully saturated rings. The zero-order valence-electron chi connectivity index (χ0n) is 12.3. The van der Waals surface area contributed by atoms with Crippen LogP contribution in [0.3, 0.4) is 0 Å². The van der Waals surface area contributed by atoms with Crippen LogP contribution in [0.15, 0.2) is 18.0 Å². The molecule has 0 bridgehead atoms. The Balaban J connectivity index is 2.18. The molecule has 0 N–H and O–H groups in total. The number of amides is 1. The van der Waals surface area contributed by atoms with E-state index in [2.05, 4.69) is 11.6 Å². The topological polar surface area (TPSA) is 67.3 Å². The Morgan fingerprint density at radius 2 is 2.33 bits per heavy atom. The van der Waals surface area contributed by atoms with Crippen molar-refractivity contribution in [3.63, 3.8) is 0 Å². The Hall–Kier alpha value is -1.21. The van der Waals surface area contributed by atoms with Crippen LogP contribution in [-0.4, -0.2) is 47.8 Å². The molecule has 1 aromatic heterocycles. The van der Waals surface area contributed by atoms with Crippen molar-refractivity contribution < 1.29 is 13.2 Å². The van der Waals surface area contributed by atoms with Gasteiger partial charge in [-0.05, 0) is 20.3 Å². The number of carbonyl (C=O) groups is 1. The first-order chi connectivity index (χ1) is 9.76. The first-order valence-electron chi connectivity index (χ1n) is 6.78. The second-order valence-corrected chi connectivity index (χ2v) is 8.91. The lowest BCUT2D eigenvalue weighted by Gasteiger charge is -2.37. The Morgan fingerprint density at radius 1 is 1.62 bits per heavy atom. The minimum Gasteiger partial charge on any atom is -0.332 e. The van der Waals surface area contributed by atoms with Gasteiger partial charge < -0.3 is 4.90 Å². The van der Waals surface area contributed by atoms with E-state index in [4.69, 9.17) is 0 Å². The number of rotatable bonds is 5. The van der Waals surface area contributed by atoms with Gasteiger partial charge in [-0.1, -0.05) is 6.08 Å². The van der Waals surface area contributed by atoms with E-state index in [1.54, 1.807) is 11.0 Å². The lowest BCUT2D eigenvalue weighted by Crippen LogP contribution is -2.51. The summed E-state index contributed by atoms with van der Waals surface area (Å²) in [5, 5.41) is 2.79. The van der Waals surface area contributed by atoms with Crippen molar-refractivity contribution in [1.82, 2.24) is 9.88 Å².